The van der Waals surface area contributed by atoms with E-state index in [-0.39, 0.29) is 11.8 Å². The third-order valence-electron chi connectivity index (χ3n) is 4.67. The molecule has 0 bridgehead atoms. The quantitative estimate of drug-likeness (QED) is 0.829. The first-order valence-electron chi connectivity index (χ1n) is 8.24. The molecular weight excluding hydrogens is 345 g/mol. The van der Waals surface area contributed by atoms with Crippen LogP contribution in [0.4, 0.5) is 5.69 Å². The van der Waals surface area contributed by atoms with Crippen molar-refractivity contribution in [3.05, 3.63) is 45.2 Å². The fourth-order valence-corrected chi connectivity index (χ4v) is 3.58. The molecule has 1 aliphatic rings. The van der Waals surface area contributed by atoms with Crippen LogP contribution in [0, 0.1) is 19.8 Å². The van der Waals surface area contributed by atoms with Crippen molar-refractivity contribution >= 4 is 34.8 Å². The number of anilines is 1. The van der Waals surface area contributed by atoms with E-state index in [0.29, 0.717) is 16.6 Å². The van der Waals surface area contributed by atoms with Crippen LogP contribution < -0.4 is 5.32 Å². The van der Waals surface area contributed by atoms with Gasteiger partial charge in [0, 0.05) is 5.92 Å². The molecule has 0 unspecified atom stereocenters. The zero-order valence-corrected chi connectivity index (χ0v) is 15.4. The minimum Gasteiger partial charge on any atom is -0.323 e. The van der Waals surface area contributed by atoms with Gasteiger partial charge in [-0.05, 0) is 44.4 Å². The largest absolute Gasteiger partial charge is 0.323 e. The van der Waals surface area contributed by atoms with Crippen molar-refractivity contribution < 1.29 is 4.79 Å². The molecule has 0 radical (unpaired) electrons. The smallest absolute Gasteiger partial charge is 0.227 e. The second-order valence-corrected chi connectivity index (χ2v) is 7.24. The molecule has 6 heteroatoms. The number of rotatable bonds is 4. The molecule has 1 saturated carbocycles. The van der Waals surface area contributed by atoms with E-state index in [0.717, 1.165) is 48.3 Å². The van der Waals surface area contributed by atoms with Gasteiger partial charge >= 0.3 is 0 Å². The molecule has 1 aromatic heterocycles. The van der Waals surface area contributed by atoms with Gasteiger partial charge in [-0.1, -0.05) is 42.1 Å². The van der Waals surface area contributed by atoms with Crippen LogP contribution >= 0.6 is 23.2 Å². The number of benzene rings is 1. The molecule has 2 aromatic rings. The molecule has 1 aliphatic carbocycles. The Morgan fingerprint density at radius 3 is 2.62 bits per heavy atom. The maximum Gasteiger partial charge on any atom is 0.227 e. The van der Waals surface area contributed by atoms with Crippen LogP contribution in [0.25, 0.3) is 0 Å². The maximum atomic E-state index is 12.4. The average Bonchev–Trinajstić information content (AvgIpc) is 3.16. The number of halogens is 2. The van der Waals surface area contributed by atoms with Gasteiger partial charge in [-0.15, -0.1) is 0 Å². The molecular formula is C18H21Cl2N3O. The van der Waals surface area contributed by atoms with Crippen molar-refractivity contribution in [2.45, 2.75) is 46.1 Å². The fraction of sp³-hybridized carbons (Fsp3) is 0.444. The number of aryl methyl sites for hydroxylation is 1. The normalized spacial score (nSPS) is 15.0. The van der Waals surface area contributed by atoms with Crippen molar-refractivity contribution in [3.8, 4) is 0 Å². The Morgan fingerprint density at radius 1 is 1.25 bits per heavy atom. The second-order valence-electron chi connectivity index (χ2n) is 6.42. The van der Waals surface area contributed by atoms with Crippen LogP contribution in [0.2, 0.25) is 10.0 Å². The maximum absolute atomic E-state index is 12.4. The molecule has 128 valence electrons. The van der Waals surface area contributed by atoms with E-state index in [4.69, 9.17) is 23.2 Å². The summed E-state index contributed by atoms with van der Waals surface area (Å²) >= 11 is 12.0. The molecule has 0 spiro atoms. The van der Waals surface area contributed by atoms with Crippen molar-refractivity contribution in [2.75, 3.05) is 5.32 Å². The first-order chi connectivity index (χ1) is 11.5. The SMILES string of the molecule is Cc1nn(Cc2ccc(Cl)c(Cl)c2)c(C)c1NC(=O)C1CCCC1. The summed E-state index contributed by atoms with van der Waals surface area (Å²) in [5, 5.41) is 8.71. The topological polar surface area (TPSA) is 46.9 Å². The van der Waals surface area contributed by atoms with Gasteiger partial charge in [-0.3, -0.25) is 9.48 Å². The van der Waals surface area contributed by atoms with E-state index >= 15 is 0 Å². The Labute approximate surface area is 152 Å². The summed E-state index contributed by atoms with van der Waals surface area (Å²) in [4.78, 5) is 12.4. The number of aromatic nitrogens is 2. The Morgan fingerprint density at radius 2 is 1.96 bits per heavy atom. The number of nitrogens with zero attached hydrogens (tertiary/aromatic N) is 2. The molecule has 0 aliphatic heterocycles. The van der Waals surface area contributed by atoms with E-state index in [2.05, 4.69) is 10.4 Å². The Hall–Kier alpha value is -1.52. The molecule has 0 atom stereocenters. The van der Waals surface area contributed by atoms with Gasteiger partial charge in [0.05, 0.1) is 33.7 Å². The number of nitrogens with one attached hydrogen (secondary N) is 1. The van der Waals surface area contributed by atoms with Crippen LogP contribution in [0.15, 0.2) is 18.2 Å². The highest BCUT2D eigenvalue weighted by Crippen LogP contribution is 2.28. The van der Waals surface area contributed by atoms with Gasteiger partial charge < -0.3 is 5.32 Å². The molecule has 24 heavy (non-hydrogen) atoms. The third-order valence-corrected chi connectivity index (χ3v) is 5.41. The predicted octanol–water partition coefficient (Wildman–Crippen LogP) is 4.98. The summed E-state index contributed by atoms with van der Waals surface area (Å²) < 4.78 is 1.89. The molecule has 1 amide bonds. The fourth-order valence-electron chi connectivity index (χ4n) is 3.26. The van der Waals surface area contributed by atoms with E-state index < -0.39 is 0 Å². The zero-order valence-electron chi connectivity index (χ0n) is 13.9. The highest BCUT2D eigenvalue weighted by atomic mass is 35.5. The van der Waals surface area contributed by atoms with Gasteiger partial charge in [-0.25, -0.2) is 0 Å². The lowest BCUT2D eigenvalue weighted by atomic mass is 10.1. The summed E-state index contributed by atoms with van der Waals surface area (Å²) in [5.74, 6) is 0.259. The Bertz CT molecular complexity index is 764. The summed E-state index contributed by atoms with van der Waals surface area (Å²) in [6.45, 7) is 4.48. The van der Waals surface area contributed by atoms with Gasteiger partial charge in [0.1, 0.15) is 0 Å². The Kier molecular flexibility index (Phi) is 5.16. The summed E-state index contributed by atoms with van der Waals surface area (Å²) in [7, 11) is 0. The highest BCUT2D eigenvalue weighted by Gasteiger charge is 2.24. The minimum atomic E-state index is 0.118. The first-order valence-corrected chi connectivity index (χ1v) is 9.00. The van der Waals surface area contributed by atoms with Gasteiger partial charge in [-0.2, -0.15) is 5.10 Å². The average molecular weight is 366 g/mol. The summed E-state index contributed by atoms with van der Waals surface area (Å²) in [5.41, 5.74) is 3.62. The van der Waals surface area contributed by atoms with Crippen LogP contribution in [-0.2, 0) is 11.3 Å². The van der Waals surface area contributed by atoms with Crippen LogP contribution in [0.5, 0.6) is 0 Å². The number of carbonyl (C=O) groups excluding carboxylic acids is 1. The second kappa shape index (κ2) is 7.16. The monoisotopic (exact) mass is 365 g/mol. The lowest BCUT2D eigenvalue weighted by molar-refractivity contribution is -0.119. The van der Waals surface area contributed by atoms with Crippen LogP contribution in [0.3, 0.4) is 0 Å². The molecule has 1 aromatic carbocycles. The van der Waals surface area contributed by atoms with Gasteiger partial charge in [0.15, 0.2) is 0 Å². The molecule has 3 rings (SSSR count). The van der Waals surface area contributed by atoms with Crippen LogP contribution in [0.1, 0.15) is 42.6 Å². The molecule has 1 N–H and O–H groups in total. The third kappa shape index (κ3) is 3.60. The zero-order chi connectivity index (χ0) is 17.3. The number of amides is 1. The molecule has 4 nitrogen and oxygen atoms in total. The van der Waals surface area contributed by atoms with Crippen LogP contribution in [-0.4, -0.2) is 15.7 Å². The van der Waals surface area contributed by atoms with E-state index in [1.54, 1.807) is 6.07 Å². The number of carbonyl (C=O) groups is 1. The van der Waals surface area contributed by atoms with E-state index in [1.807, 2.05) is 30.7 Å². The van der Waals surface area contributed by atoms with Gasteiger partial charge in [0.2, 0.25) is 5.91 Å². The molecule has 0 saturated heterocycles. The van der Waals surface area contributed by atoms with E-state index in [9.17, 15) is 4.79 Å². The number of hydrogen-bond donors (Lipinski definition) is 1. The molecule has 1 heterocycles. The molecule has 1 fully saturated rings. The highest BCUT2D eigenvalue weighted by molar-refractivity contribution is 6.42. The lowest BCUT2D eigenvalue weighted by Crippen LogP contribution is -2.21. The summed E-state index contributed by atoms with van der Waals surface area (Å²) in [6, 6.07) is 5.56. The van der Waals surface area contributed by atoms with Crippen molar-refractivity contribution in [1.82, 2.24) is 9.78 Å². The number of hydrogen-bond acceptors (Lipinski definition) is 2. The standard InChI is InChI=1S/C18H21Cl2N3O/c1-11-17(21-18(24)14-5-3-4-6-14)12(2)23(22-11)10-13-7-8-15(19)16(20)9-13/h7-9,14H,3-6,10H2,1-2H3,(H,21,24). The lowest BCUT2D eigenvalue weighted by Gasteiger charge is -2.11. The van der Waals surface area contributed by atoms with E-state index in [1.165, 1.54) is 0 Å². The first kappa shape index (κ1) is 17.3. The minimum absolute atomic E-state index is 0.118. The predicted molar refractivity (Wildman–Crippen MR) is 97.9 cm³/mol. The van der Waals surface area contributed by atoms with Gasteiger partial charge in [0.25, 0.3) is 0 Å². The van der Waals surface area contributed by atoms with Crippen molar-refractivity contribution in [2.24, 2.45) is 5.92 Å². The summed E-state index contributed by atoms with van der Waals surface area (Å²) in [6.07, 6.45) is 4.27. The van der Waals surface area contributed by atoms with Crippen molar-refractivity contribution in [3.63, 3.8) is 0 Å². The van der Waals surface area contributed by atoms with Crippen molar-refractivity contribution in [1.29, 1.82) is 0 Å². The Balaban J connectivity index is 1.78.